The van der Waals surface area contributed by atoms with Crippen molar-refractivity contribution in [3.8, 4) is 17.7 Å². The third kappa shape index (κ3) is 5.50. The molecule has 0 atom stereocenters. The number of aliphatic imine (C=N–C) groups is 1. The van der Waals surface area contributed by atoms with Crippen molar-refractivity contribution in [3.05, 3.63) is 118 Å². The van der Waals surface area contributed by atoms with Crippen LogP contribution in [0.25, 0.3) is 4.95 Å². The summed E-state index contributed by atoms with van der Waals surface area (Å²) >= 11 is 0. The Morgan fingerprint density at radius 1 is 0.684 bits per heavy atom. The fraction of sp³-hybridized carbons (Fsp3) is 0.0769. The van der Waals surface area contributed by atoms with E-state index < -0.39 is 23.5 Å². The molecule has 0 unspecified atom stereocenters. The van der Waals surface area contributed by atoms with Crippen molar-refractivity contribution in [2.75, 3.05) is 0 Å². The van der Waals surface area contributed by atoms with E-state index in [1.807, 2.05) is 0 Å². The summed E-state index contributed by atoms with van der Waals surface area (Å²) < 4.78 is 89.2. The van der Waals surface area contributed by atoms with Gasteiger partial charge < -0.3 is 9.47 Å². The van der Waals surface area contributed by atoms with Crippen LogP contribution in [0.2, 0.25) is 0 Å². The van der Waals surface area contributed by atoms with Gasteiger partial charge in [0, 0.05) is 11.1 Å². The molecule has 2 aromatic rings. The summed E-state index contributed by atoms with van der Waals surface area (Å²) in [7, 11) is 0. The topological polar surface area (TPSA) is 71.3 Å². The summed E-state index contributed by atoms with van der Waals surface area (Å²) in [6, 6.07) is 7.70. The molecule has 38 heavy (non-hydrogen) atoms. The quantitative estimate of drug-likeness (QED) is 0.186. The van der Waals surface area contributed by atoms with Gasteiger partial charge in [0.1, 0.15) is 17.2 Å². The molecule has 2 aliphatic carbocycles. The lowest BCUT2D eigenvalue weighted by molar-refractivity contribution is -0.138. The number of rotatable bonds is 4. The molecule has 0 N–H and O–H groups in total. The molecule has 0 amide bonds. The fourth-order valence-electron chi connectivity index (χ4n) is 3.48. The Balaban J connectivity index is 1.79. The number of hydrogen-bond acceptors (Lipinski definition) is 5. The highest BCUT2D eigenvalue weighted by Crippen LogP contribution is 2.36. The number of fused-ring (bicyclic) bond motifs is 1. The number of nitrogens with zero attached hydrogens (tertiary/aromatic N) is 4. The Morgan fingerprint density at radius 2 is 1.11 bits per heavy atom. The SMILES string of the molecule is [C-]#[N+]N=C1C=CC2=C(Oc3ccc(C(F)(F)F)cc3)C(=NC#N)C=CC2=C1Oc1ccc(C(F)(F)F)cc1. The van der Waals surface area contributed by atoms with Crippen molar-refractivity contribution in [2.24, 2.45) is 10.1 Å². The second-order valence-electron chi connectivity index (χ2n) is 7.58. The number of hydrogen-bond donors (Lipinski definition) is 0. The Bertz CT molecular complexity index is 1410. The molecular weight excluding hydrogens is 514 g/mol. The molecular formula is C26H12F6N4O2. The minimum atomic E-state index is -4.55. The Hall–Kier alpha value is -5.10. The number of halogens is 6. The summed E-state index contributed by atoms with van der Waals surface area (Å²) in [5.74, 6) is 0.0254. The second-order valence-corrected chi connectivity index (χ2v) is 7.58. The van der Waals surface area contributed by atoms with Crippen LogP contribution in [-0.2, 0) is 12.4 Å². The van der Waals surface area contributed by atoms with Crippen LogP contribution in [0.4, 0.5) is 26.3 Å². The standard InChI is InChI=1S/C26H12F6N4O2/c1-34-36-22-13-11-19-20(24(22)38-18-8-4-16(5-9-18)26(30,31)32)10-12-21(35-14-33)23(19)37-17-6-2-15(3-7-17)25(27,28)29/h2-13H. The molecule has 190 valence electrons. The lowest BCUT2D eigenvalue weighted by Gasteiger charge is -2.23. The molecule has 0 aliphatic heterocycles. The van der Waals surface area contributed by atoms with Gasteiger partial charge in [-0.15, -0.1) is 4.95 Å². The van der Waals surface area contributed by atoms with E-state index in [2.05, 4.69) is 15.0 Å². The van der Waals surface area contributed by atoms with Crippen LogP contribution in [0.3, 0.4) is 0 Å². The third-order valence-corrected chi connectivity index (χ3v) is 5.19. The van der Waals surface area contributed by atoms with Gasteiger partial charge in [-0.3, -0.25) is 0 Å². The van der Waals surface area contributed by atoms with Gasteiger partial charge in [-0.1, -0.05) is 0 Å². The summed E-state index contributed by atoms with van der Waals surface area (Å²) in [4.78, 5) is 6.68. The smallest absolute Gasteiger partial charge is 0.416 e. The molecule has 0 radical (unpaired) electrons. The highest BCUT2D eigenvalue weighted by molar-refractivity contribution is 6.15. The number of allylic oxidation sites excluding steroid dienone is 6. The second kappa shape index (κ2) is 10.1. The van der Waals surface area contributed by atoms with Crippen LogP contribution in [0, 0.1) is 18.0 Å². The highest BCUT2D eigenvalue weighted by atomic mass is 19.4. The summed E-state index contributed by atoms with van der Waals surface area (Å²) in [5, 5.41) is 12.8. The molecule has 0 heterocycles. The molecule has 4 rings (SSSR count). The van der Waals surface area contributed by atoms with Crippen LogP contribution in [0.5, 0.6) is 11.5 Å². The van der Waals surface area contributed by atoms with Crippen LogP contribution in [0.15, 0.2) is 106 Å². The number of ether oxygens (including phenoxy) is 2. The molecule has 0 aromatic heterocycles. The number of nitriles is 1. The average Bonchev–Trinajstić information content (AvgIpc) is 2.86. The van der Waals surface area contributed by atoms with Gasteiger partial charge in [0.2, 0.25) is 6.19 Å². The summed E-state index contributed by atoms with van der Waals surface area (Å²) in [5.41, 5.74) is -1.10. The maximum Gasteiger partial charge on any atom is 0.416 e. The van der Waals surface area contributed by atoms with Gasteiger partial charge in [-0.25, -0.2) is 0 Å². The van der Waals surface area contributed by atoms with Crippen LogP contribution >= 0.6 is 0 Å². The van der Waals surface area contributed by atoms with Crippen molar-refractivity contribution in [1.82, 2.24) is 0 Å². The normalized spacial score (nSPS) is 17.4. The van der Waals surface area contributed by atoms with Crippen molar-refractivity contribution >= 4 is 11.4 Å². The maximum absolute atomic E-state index is 12.9. The van der Waals surface area contributed by atoms with E-state index in [4.69, 9.17) is 21.3 Å². The first-order valence-corrected chi connectivity index (χ1v) is 10.5. The van der Waals surface area contributed by atoms with Crippen molar-refractivity contribution in [1.29, 1.82) is 5.26 Å². The fourth-order valence-corrected chi connectivity index (χ4v) is 3.48. The number of alkyl halides is 6. The van der Waals surface area contributed by atoms with Gasteiger partial charge in [0.25, 0.3) is 0 Å². The summed E-state index contributed by atoms with van der Waals surface area (Å²) in [6.07, 6.45) is -1.75. The van der Waals surface area contributed by atoms with Gasteiger partial charge in [0.05, 0.1) is 16.2 Å². The number of benzene rings is 2. The zero-order chi connectivity index (χ0) is 27.5. The lowest BCUT2D eigenvalue weighted by atomic mass is 9.90. The van der Waals surface area contributed by atoms with E-state index in [1.165, 1.54) is 24.3 Å². The molecule has 0 fully saturated rings. The highest BCUT2D eigenvalue weighted by Gasteiger charge is 2.32. The van der Waals surface area contributed by atoms with Crippen LogP contribution in [-0.4, -0.2) is 11.4 Å². The first-order valence-electron chi connectivity index (χ1n) is 10.5. The molecule has 12 heteroatoms. The molecule has 0 spiro atoms. The van der Waals surface area contributed by atoms with Gasteiger partial charge in [0.15, 0.2) is 17.2 Å². The van der Waals surface area contributed by atoms with Gasteiger partial charge in [-0.05, 0) is 72.8 Å². The van der Waals surface area contributed by atoms with E-state index in [-0.39, 0.29) is 45.6 Å². The Labute approximate surface area is 211 Å². The van der Waals surface area contributed by atoms with Crippen molar-refractivity contribution in [3.63, 3.8) is 0 Å². The van der Waals surface area contributed by atoms with Crippen molar-refractivity contribution < 1.29 is 35.8 Å². The van der Waals surface area contributed by atoms with E-state index in [0.717, 1.165) is 48.5 Å². The zero-order valence-corrected chi connectivity index (χ0v) is 18.8. The largest absolute Gasteiger partial charge is 0.454 e. The van der Waals surface area contributed by atoms with Crippen LogP contribution in [0.1, 0.15) is 11.1 Å². The van der Waals surface area contributed by atoms with E-state index >= 15 is 0 Å². The van der Waals surface area contributed by atoms with Crippen LogP contribution < -0.4 is 9.47 Å². The third-order valence-electron chi connectivity index (χ3n) is 5.19. The Kier molecular flexibility index (Phi) is 6.91. The average molecular weight is 526 g/mol. The predicted octanol–water partition coefficient (Wildman–Crippen LogP) is 7.03. The van der Waals surface area contributed by atoms with E-state index in [0.29, 0.717) is 0 Å². The van der Waals surface area contributed by atoms with Gasteiger partial charge in [-0.2, -0.15) is 43.2 Å². The molecule has 6 nitrogen and oxygen atoms in total. The minimum Gasteiger partial charge on any atom is -0.454 e. The summed E-state index contributed by atoms with van der Waals surface area (Å²) in [6.45, 7) is 7.08. The molecule has 2 aliphatic rings. The molecule has 0 saturated carbocycles. The molecule has 2 aromatic carbocycles. The lowest BCUT2D eigenvalue weighted by Crippen LogP contribution is -2.21. The first kappa shape index (κ1) is 26.0. The predicted molar refractivity (Wildman–Crippen MR) is 124 cm³/mol. The maximum atomic E-state index is 12.9. The monoisotopic (exact) mass is 526 g/mol. The minimum absolute atomic E-state index is 0.000893. The molecule has 0 saturated heterocycles. The zero-order valence-electron chi connectivity index (χ0n) is 18.8. The van der Waals surface area contributed by atoms with Crippen molar-refractivity contribution in [2.45, 2.75) is 12.4 Å². The molecule has 0 bridgehead atoms. The van der Waals surface area contributed by atoms with E-state index in [1.54, 1.807) is 6.19 Å². The van der Waals surface area contributed by atoms with E-state index in [9.17, 15) is 26.3 Å². The Morgan fingerprint density at radius 3 is 1.50 bits per heavy atom. The van der Waals surface area contributed by atoms with Gasteiger partial charge >= 0.3 is 12.4 Å². The first-order chi connectivity index (χ1) is 18.0.